The second-order valence-corrected chi connectivity index (χ2v) is 4.65. The molecule has 0 aliphatic carbocycles. The van der Waals surface area contributed by atoms with Crippen molar-refractivity contribution in [1.29, 1.82) is 0 Å². The third-order valence-electron chi connectivity index (χ3n) is 3.11. The highest BCUT2D eigenvalue weighted by Crippen LogP contribution is 2.23. The van der Waals surface area contributed by atoms with Gasteiger partial charge in [-0.2, -0.15) is 0 Å². The first-order chi connectivity index (χ1) is 8.20. The molecule has 94 valence electrons. The van der Waals surface area contributed by atoms with Crippen LogP contribution in [-0.2, 0) is 6.54 Å². The Hall–Kier alpha value is -1.10. The van der Waals surface area contributed by atoms with E-state index in [2.05, 4.69) is 29.3 Å². The predicted octanol–water partition coefficient (Wildman–Crippen LogP) is 0.338. The van der Waals surface area contributed by atoms with Gasteiger partial charge in [0.25, 0.3) is 0 Å². The number of benzene rings is 1. The van der Waals surface area contributed by atoms with Gasteiger partial charge in [-0.15, -0.1) is 0 Å². The molecule has 1 aromatic rings. The minimum Gasteiger partial charge on any atom is -0.394 e. The van der Waals surface area contributed by atoms with E-state index < -0.39 is 6.10 Å². The highest BCUT2D eigenvalue weighted by molar-refractivity contribution is 5.54. The third kappa shape index (κ3) is 2.97. The first-order valence-corrected chi connectivity index (χ1v) is 6.06. The van der Waals surface area contributed by atoms with E-state index in [0.717, 1.165) is 18.8 Å². The molecular weight excluding hydrogens is 216 g/mol. The summed E-state index contributed by atoms with van der Waals surface area (Å²) in [5, 5.41) is 22.0. The summed E-state index contributed by atoms with van der Waals surface area (Å²) in [5.74, 6) is 0. The number of rotatable bonds is 3. The topological polar surface area (TPSA) is 55.7 Å². The Morgan fingerprint density at radius 3 is 3.00 bits per heavy atom. The summed E-state index contributed by atoms with van der Waals surface area (Å²) in [6, 6.07) is 8.57. The molecule has 1 aliphatic rings. The summed E-state index contributed by atoms with van der Waals surface area (Å²) in [7, 11) is 0. The summed E-state index contributed by atoms with van der Waals surface area (Å²) in [6.07, 6.45) is -0.687. The molecule has 1 aromatic carbocycles. The van der Waals surface area contributed by atoms with Crippen molar-refractivity contribution in [1.82, 2.24) is 5.32 Å². The average Bonchev–Trinajstić information content (AvgIpc) is 2.50. The number of para-hydroxylation sites is 1. The Morgan fingerprint density at radius 1 is 1.47 bits per heavy atom. The Balaban J connectivity index is 2.22. The van der Waals surface area contributed by atoms with Crippen LogP contribution in [0, 0.1) is 0 Å². The first-order valence-electron chi connectivity index (χ1n) is 6.06. The molecular formula is C13H20N2O2. The van der Waals surface area contributed by atoms with Crippen LogP contribution in [0.3, 0.4) is 0 Å². The number of fused-ring (bicyclic) bond motifs is 1. The number of hydrogen-bond acceptors (Lipinski definition) is 4. The van der Waals surface area contributed by atoms with Crippen molar-refractivity contribution < 1.29 is 10.2 Å². The van der Waals surface area contributed by atoms with Gasteiger partial charge in [0.05, 0.1) is 12.7 Å². The van der Waals surface area contributed by atoms with Crippen molar-refractivity contribution in [3.05, 3.63) is 29.8 Å². The van der Waals surface area contributed by atoms with Crippen LogP contribution in [0.5, 0.6) is 0 Å². The zero-order chi connectivity index (χ0) is 12.3. The summed E-state index contributed by atoms with van der Waals surface area (Å²) < 4.78 is 0. The number of aliphatic hydroxyl groups excluding tert-OH is 2. The summed E-state index contributed by atoms with van der Waals surface area (Å²) >= 11 is 0. The molecule has 0 bridgehead atoms. The van der Waals surface area contributed by atoms with Crippen molar-refractivity contribution in [3.63, 3.8) is 0 Å². The SMILES string of the molecule is CC1CN(CC(O)CO)c2ccccc2CN1. The van der Waals surface area contributed by atoms with Crippen molar-refractivity contribution in [2.24, 2.45) is 0 Å². The Morgan fingerprint density at radius 2 is 2.24 bits per heavy atom. The minimum absolute atomic E-state index is 0.194. The molecule has 4 nitrogen and oxygen atoms in total. The van der Waals surface area contributed by atoms with Gasteiger partial charge in [0.2, 0.25) is 0 Å². The van der Waals surface area contributed by atoms with E-state index in [9.17, 15) is 5.11 Å². The molecule has 0 amide bonds. The quantitative estimate of drug-likeness (QED) is 0.708. The molecule has 3 N–H and O–H groups in total. The van der Waals surface area contributed by atoms with Crippen molar-refractivity contribution >= 4 is 5.69 Å². The van der Waals surface area contributed by atoms with Crippen molar-refractivity contribution in [3.8, 4) is 0 Å². The maximum Gasteiger partial charge on any atom is 0.0945 e. The van der Waals surface area contributed by atoms with Gasteiger partial charge in [-0.05, 0) is 18.6 Å². The number of nitrogens with zero attached hydrogens (tertiary/aromatic N) is 1. The van der Waals surface area contributed by atoms with E-state index in [1.165, 1.54) is 5.56 Å². The zero-order valence-electron chi connectivity index (χ0n) is 10.1. The van der Waals surface area contributed by atoms with E-state index in [1.807, 2.05) is 12.1 Å². The van der Waals surface area contributed by atoms with Gasteiger partial charge in [-0.1, -0.05) is 18.2 Å². The molecule has 2 rings (SSSR count). The fourth-order valence-corrected chi connectivity index (χ4v) is 2.23. The molecule has 0 fully saturated rings. The molecule has 17 heavy (non-hydrogen) atoms. The van der Waals surface area contributed by atoms with E-state index in [0.29, 0.717) is 12.6 Å². The zero-order valence-corrected chi connectivity index (χ0v) is 10.1. The maximum atomic E-state index is 9.60. The largest absolute Gasteiger partial charge is 0.394 e. The van der Waals surface area contributed by atoms with Crippen LogP contribution in [0.2, 0.25) is 0 Å². The molecule has 1 heterocycles. The van der Waals surface area contributed by atoms with Crippen LogP contribution >= 0.6 is 0 Å². The highest BCUT2D eigenvalue weighted by atomic mass is 16.3. The van der Waals surface area contributed by atoms with Crippen molar-refractivity contribution in [2.45, 2.75) is 25.6 Å². The second kappa shape index (κ2) is 5.49. The van der Waals surface area contributed by atoms with Gasteiger partial charge in [0.1, 0.15) is 0 Å². The molecule has 0 saturated heterocycles. The fourth-order valence-electron chi connectivity index (χ4n) is 2.23. The van der Waals surface area contributed by atoms with E-state index in [4.69, 9.17) is 5.11 Å². The van der Waals surface area contributed by atoms with Crippen LogP contribution in [0.1, 0.15) is 12.5 Å². The molecule has 0 radical (unpaired) electrons. The number of hydrogen-bond donors (Lipinski definition) is 3. The van der Waals surface area contributed by atoms with Gasteiger partial charge < -0.3 is 20.4 Å². The fraction of sp³-hybridized carbons (Fsp3) is 0.538. The Labute approximate surface area is 102 Å². The predicted molar refractivity (Wildman–Crippen MR) is 68.0 cm³/mol. The van der Waals surface area contributed by atoms with E-state index in [1.54, 1.807) is 0 Å². The summed E-state index contributed by atoms with van der Waals surface area (Å²) in [6.45, 7) is 4.10. The first kappa shape index (κ1) is 12.4. The highest BCUT2D eigenvalue weighted by Gasteiger charge is 2.20. The van der Waals surface area contributed by atoms with Crippen LogP contribution in [0.15, 0.2) is 24.3 Å². The summed E-state index contributed by atoms with van der Waals surface area (Å²) in [5.41, 5.74) is 2.39. The number of anilines is 1. The van der Waals surface area contributed by atoms with Crippen LogP contribution in [-0.4, -0.2) is 42.1 Å². The number of aliphatic hydroxyl groups is 2. The maximum absolute atomic E-state index is 9.60. The van der Waals surface area contributed by atoms with Crippen molar-refractivity contribution in [2.75, 3.05) is 24.6 Å². The lowest BCUT2D eigenvalue weighted by molar-refractivity contribution is 0.0996. The van der Waals surface area contributed by atoms with Crippen LogP contribution < -0.4 is 10.2 Å². The van der Waals surface area contributed by atoms with Gasteiger partial charge in [0, 0.05) is 31.4 Å². The van der Waals surface area contributed by atoms with E-state index in [-0.39, 0.29) is 6.61 Å². The van der Waals surface area contributed by atoms with Gasteiger partial charge in [-0.3, -0.25) is 0 Å². The molecule has 0 aromatic heterocycles. The lowest BCUT2D eigenvalue weighted by atomic mass is 10.1. The minimum atomic E-state index is -0.687. The monoisotopic (exact) mass is 236 g/mol. The lowest BCUT2D eigenvalue weighted by Gasteiger charge is -2.28. The molecule has 0 saturated carbocycles. The Bertz CT molecular complexity index is 370. The van der Waals surface area contributed by atoms with E-state index >= 15 is 0 Å². The molecule has 1 aliphatic heterocycles. The van der Waals surface area contributed by atoms with Gasteiger partial charge >= 0.3 is 0 Å². The second-order valence-electron chi connectivity index (χ2n) is 4.65. The van der Waals surface area contributed by atoms with Gasteiger partial charge in [-0.25, -0.2) is 0 Å². The number of β-amino-alcohol motifs (C(OH)–C–C–N with tert-alkyl or cyclic N) is 1. The summed E-state index contributed by atoms with van der Waals surface area (Å²) in [4.78, 5) is 2.14. The molecule has 0 spiro atoms. The normalized spacial score (nSPS) is 21.8. The van der Waals surface area contributed by atoms with Crippen LogP contribution in [0.4, 0.5) is 5.69 Å². The Kier molecular flexibility index (Phi) is 3.99. The molecule has 4 heteroatoms. The standard InChI is InChI=1S/C13H20N2O2/c1-10-7-15(8-12(17)9-16)13-5-3-2-4-11(13)6-14-10/h2-5,10,12,14,16-17H,6-9H2,1H3. The third-order valence-corrected chi connectivity index (χ3v) is 3.11. The van der Waals surface area contributed by atoms with Crippen LogP contribution in [0.25, 0.3) is 0 Å². The lowest BCUT2D eigenvalue weighted by Crippen LogP contribution is -2.40. The average molecular weight is 236 g/mol. The number of nitrogens with one attached hydrogen (secondary N) is 1. The molecule has 2 unspecified atom stereocenters. The smallest absolute Gasteiger partial charge is 0.0945 e. The molecule has 2 atom stereocenters. The van der Waals surface area contributed by atoms with Gasteiger partial charge in [0.15, 0.2) is 0 Å².